The third kappa shape index (κ3) is 2.36. The summed E-state index contributed by atoms with van der Waals surface area (Å²) in [5.74, 6) is 0.165. The van der Waals surface area contributed by atoms with E-state index in [1.807, 2.05) is 13.8 Å². The van der Waals surface area contributed by atoms with Crippen molar-refractivity contribution in [3.05, 3.63) is 35.3 Å². The molecule has 106 valence electrons. The SMILES string of the molecule is CCc1nn(-c2cc(C(=O)OC)ccn2)c(CC)c1N. The maximum absolute atomic E-state index is 11.6. The quantitative estimate of drug-likeness (QED) is 0.859. The molecule has 0 aliphatic rings. The fourth-order valence-electron chi connectivity index (χ4n) is 2.09. The number of hydrogen-bond donors (Lipinski definition) is 1. The predicted octanol–water partition coefficient (Wildman–Crippen LogP) is 1.76. The number of aromatic nitrogens is 3. The number of ether oxygens (including phenoxy) is 1. The van der Waals surface area contributed by atoms with Crippen LogP contribution in [0.3, 0.4) is 0 Å². The van der Waals surface area contributed by atoms with Gasteiger partial charge in [0.15, 0.2) is 5.82 Å². The maximum Gasteiger partial charge on any atom is 0.338 e. The molecule has 0 aromatic carbocycles. The second-order valence-electron chi connectivity index (χ2n) is 4.32. The number of rotatable bonds is 4. The van der Waals surface area contributed by atoms with Crippen molar-refractivity contribution in [2.45, 2.75) is 26.7 Å². The summed E-state index contributed by atoms with van der Waals surface area (Å²) in [6.45, 7) is 4.01. The molecular weight excluding hydrogens is 256 g/mol. The maximum atomic E-state index is 11.6. The van der Waals surface area contributed by atoms with E-state index in [0.29, 0.717) is 17.1 Å². The van der Waals surface area contributed by atoms with Crippen LogP contribution in [0.4, 0.5) is 5.69 Å². The molecule has 2 heterocycles. The van der Waals surface area contributed by atoms with E-state index >= 15 is 0 Å². The van der Waals surface area contributed by atoms with Gasteiger partial charge in [-0.3, -0.25) is 0 Å². The number of pyridine rings is 1. The molecule has 0 saturated carbocycles. The van der Waals surface area contributed by atoms with Gasteiger partial charge in [-0.1, -0.05) is 13.8 Å². The highest BCUT2D eigenvalue weighted by atomic mass is 16.5. The highest BCUT2D eigenvalue weighted by molar-refractivity contribution is 5.89. The van der Waals surface area contributed by atoms with Gasteiger partial charge in [0.1, 0.15) is 0 Å². The molecule has 0 radical (unpaired) electrons. The second kappa shape index (κ2) is 5.73. The zero-order chi connectivity index (χ0) is 14.7. The van der Waals surface area contributed by atoms with Gasteiger partial charge in [0.05, 0.1) is 29.7 Å². The number of carbonyl (C=O) groups excluding carboxylic acids is 1. The Kier molecular flexibility index (Phi) is 4.02. The highest BCUT2D eigenvalue weighted by Crippen LogP contribution is 2.21. The largest absolute Gasteiger partial charge is 0.465 e. The number of esters is 1. The Labute approximate surface area is 117 Å². The van der Waals surface area contributed by atoms with Crippen molar-refractivity contribution in [2.24, 2.45) is 0 Å². The molecule has 0 bridgehead atoms. The van der Waals surface area contributed by atoms with Gasteiger partial charge in [-0.25, -0.2) is 14.5 Å². The van der Waals surface area contributed by atoms with Gasteiger partial charge in [0, 0.05) is 6.20 Å². The van der Waals surface area contributed by atoms with E-state index in [1.54, 1.807) is 23.0 Å². The van der Waals surface area contributed by atoms with Crippen molar-refractivity contribution in [3.63, 3.8) is 0 Å². The number of hydrogen-bond acceptors (Lipinski definition) is 5. The van der Waals surface area contributed by atoms with Gasteiger partial charge in [-0.2, -0.15) is 5.10 Å². The molecular formula is C14H18N4O2. The lowest BCUT2D eigenvalue weighted by molar-refractivity contribution is 0.0600. The van der Waals surface area contributed by atoms with Crippen molar-refractivity contribution in [2.75, 3.05) is 12.8 Å². The zero-order valence-electron chi connectivity index (χ0n) is 11.9. The molecule has 0 aliphatic carbocycles. The zero-order valence-corrected chi connectivity index (χ0v) is 11.9. The van der Waals surface area contributed by atoms with Gasteiger partial charge in [-0.05, 0) is 25.0 Å². The molecule has 6 nitrogen and oxygen atoms in total. The van der Waals surface area contributed by atoms with Crippen LogP contribution in [0.25, 0.3) is 5.82 Å². The number of aryl methyl sites for hydroxylation is 1. The van der Waals surface area contributed by atoms with Crippen molar-refractivity contribution in [1.29, 1.82) is 0 Å². The summed E-state index contributed by atoms with van der Waals surface area (Å²) in [6, 6.07) is 3.26. The summed E-state index contributed by atoms with van der Waals surface area (Å²) in [7, 11) is 1.35. The molecule has 0 spiro atoms. The summed E-state index contributed by atoms with van der Waals surface area (Å²) in [6.07, 6.45) is 3.05. The third-order valence-corrected chi connectivity index (χ3v) is 3.15. The first kappa shape index (κ1) is 14.0. The lowest BCUT2D eigenvalue weighted by atomic mass is 10.2. The van der Waals surface area contributed by atoms with Gasteiger partial charge in [0.25, 0.3) is 0 Å². The van der Waals surface area contributed by atoms with Gasteiger partial charge >= 0.3 is 5.97 Å². The van der Waals surface area contributed by atoms with Crippen LogP contribution in [-0.2, 0) is 17.6 Å². The molecule has 2 N–H and O–H groups in total. The van der Waals surface area contributed by atoms with Crippen molar-refractivity contribution in [3.8, 4) is 5.82 Å². The van der Waals surface area contributed by atoms with Gasteiger partial charge in [0.2, 0.25) is 0 Å². The van der Waals surface area contributed by atoms with Crippen LogP contribution >= 0.6 is 0 Å². The van der Waals surface area contributed by atoms with E-state index in [0.717, 1.165) is 24.2 Å². The number of anilines is 1. The minimum atomic E-state index is -0.400. The molecule has 2 rings (SSSR count). The van der Waals surface area contributed by atoms with Crippen LogP contribution in [0.2, 0.25) is 0 Å². The molecule has 0 amide bonds. The molecule has 0 unspecified atom stereocenters. The monoisotopic (exact) mass is 274 g/mol. The lowest BCUT2D eigenvalue weighted by Crippen LogP contribution is -2.08. The van der Waals surface area contributed by atoms with Crippen molar-refractivity contribution in [1.82, 2.24) is 14.8 Å². The predicted molar refractivity (Wildman–Crippen MR) is 75.9 cm³/mol. The molecule has 2 aromatic heterocycles. The Balaban J connectivity index is 2.54. The van der Waals surface area contributed by atoms with E-state index < -0.39 is 5.97 Å². The number of nitrogens with two attached hydrogens (primary N) is 1. The Morgan fingerprint density at radius 1 is 1.40 bits per heavy atom. The minimum Gasteiger partial charge on any atom is -0.465 e. The van der Waals surface area contributed by atoms with Crippen LogP contribution in [0, 0.1) is 0 Å². The molecule has 6 heteroatoms. The molecule has 2 aromatic rings. The fraction of sp³-hybridized carbons (Fsp3) is 0.357. The number of carbonyl (C=O) groups is 1. The molecule has 20 heavy (non-hydrogen) atoms. The molecule has 0 atom stereocenters. The van der Waals surface area contributed by atoms with E-state index in [-0.39, 0.29) is 0 Å². The Morgan fingerprint density at radius 3 is 2.75 bits per heavy atom. The summed E-state index contributed by atoms with van der Waals surface area (Å²) >= 11 is 0. The molecule has 0 aliphatic heterocycles. The van der Waals surface area contributed by atoms with Gasteiger partial charge < -0.3 is 10.5 Å². The first-order chi connectivity index (χ1) is 9.62. The van der Waals surface area contributed by atoms with Crippen LogP contribution in [0.5, 0.6) is 0 Å². The number of nitrogen functional groups attached to an aromatic ring is 1. The van der Waals surface area contributed by atoms with Crippen molar-refractivity contribution < 1.29 is 9.53 Å². The topological polar surface area (TPSA) is 83.0 Å². The fourth-order valence-corrected chi connectivity index (χ4v) is 2.09. The summed E-state index contributed by atoms with van der Waals surface area (Å²) in [5.41, 5.74) is 8.95. The number of nitrogens with zero attached hydrogens (tertiary/aromatic N) is 3. The lowest BCUT2D eigenvalue weighted by Gasteiger charge is -2.06. The van der Waals surface area contributed by atoms with Crippen molar-refractivity contribution >= 4 is 11.7 Å². The van der Waals surface area contributed by atoms with Crippen LogP contribution in [-0.4, -0.2) is 27.8 Å². The first-order valence-electron chi connectivity index (χ1n) is 6.53. The van der Waals surface area contributed by atoms with Crippen LogP contribution in [0.15, 0.2) is 18.3 Å². The summed E-state index contributed by atoms with van der Waals surface area (Å²) < 4.78 is 6.41. The Bertz CT molecular complexity index is 634. The summed E-state index contributed by atoms with van der Waals surface area (Å²) in [4.78, 5) is 15.8. The average molecular weight is 274 g/mol. The Morgan fingerprint density at radius 2 is 2.15 bits per heavy atom. The summed E-state index contributed by atoms with van der Waals surface area (Å²) in [5, 5.41) is 4.47. The van der Waals surface area contributed by atoms with E-state index in [9.17, 15) is 4.79 Å². The van der Waals surface area contributed by atoms with E-state index in [4.69, 9.17) is 10.5 Å². The van der Waals surface area contributed by atoms with Crippen LogP contribution < -0.4 is 5.73 Å². The average Bonchev–Trinajstić information content (AvgIpc) is 2.82. The van der Waals surface area contributed by atoms with Gasteiger partial charge in [-0.15, -0.1) is 0 Å². The Hall–Kier alpha value is -2.37. The van der Waals surface area contributed by atoms with Crippen LogP contribution in [0.1, 0.15) is 35.6 Å². The van der Waals surface area contributed by atoms with E-state index in [1.165, 1.54) is 7.11 Å². The first-order valence-corrected chi connectivity index (χ1v) is 6.53. The standard InChI is InChI=1S/C14H18N4O2/c1-4-10-13(15)11(5-2)18(17-10)12-8-9(6-7-16-12)14(19)20-3/h6-8H,4-5,15H2,1-3H3. The highest BCUT2D eigenvalue weighted by Gasteiger charge is 2.16. The molecule has 0 saturated heterocycles. The smallest absolute Gasteiger partial charge is 0.338 e. The molecule has 0 fully saturated rings. The van der Waals surface area contributed by atoms with E-state index in [2.05, 4.69) is 10.1 Å². The second-order valence-corrected chi connectivity index (χ2v) is 4.32. The number of methoxy groups -OCH3 is 1. The normalized spacial score (nSPS) is 10.6. The third-order valence-electron chi connectivity index (χ3n) is 3.15. The minimum absolute atomic E-state index is 0.400.